The van der Waals surface area contributed by atoms with E-state index < -0.39 is 0 Å². The first-order valence-electron chi connectivity index (χ1n) is 5.71. The molecule has 0 saturated heterocycles. The Balaban J connectivity index is 2.18. The molecule has 0 amide bonds. The fourth-order valence-corrected chi connectivity index (χ4v) is 2.01. The average molecular weight is 241 g/mol. The smallest absolute Gasteiger partial charge is 0.123 e. The van der Waals surface area contributed by atoms with E-state index in [1.54, 1.807) is 11.8 Å². The van der Waals surface area contributed by atoms with Gasteiger partial charge in [0.1, 0.15) is 5.82 Å². The van der Waals surface area contributed by atoms with Crippen LogP contribution in [0.4, 0.5) is 4.39 Å². The lowest BCUT2D eigenvalue weighted by Crippen LogP contribution is -2.32. The van der Waals surface area contributed by atoms with E-state index in [2.05, 4.69) is 26.1 Å². The summed E-state index contributed by atoms with van der Waals surface area (Å²) in [6.07, 6.45) is 0. The molecule has 1 atom stereocenters. The molecule has 0 aliphatic carbocycles. The highest BCUT2D eigenvalue weighted by molar-refractivity contribution is 7.99. The molecule has 1 rings (SSSR count). The first-order valence-corrected chi connectivity index (χ1v) is 6.70. The third-order valence-electron chi connectivity index (χ3n) is 2.65. The van der Waals surface area contributed by atoms with Crippen molar-refractivity contribution in [3.05, 3.63) is 30.1 Å². The Morgan fingerprint density at radius 3 is 2.38 bits per heavy atom. The molecule has 0 aliphatic heterocycles. The number of rotatable bonds is 6. The number of nitrogens with one attached hydrogen (secondary N) is 1. The lowest BCUT2D eigenvalue weighted by Gasteiger charge is -2.17. The van der Waals surface area contributed by atoms with E-state index in [9.17, 15) is 4.39 Å². The van der Waals surface area contributed by atoms with Gasteiger partial charge in [0.05, 0.1) is 0 Å². The fourth-order valence-electron chi connectivity index (χ4n) is 1.22. The maximum absolute atomic E-state index is 12.6. The van der Waals surface area contributed by atoms with Crippen LogP contribution in [0.15, 0.2) is 29.2 Å². The van der Waals surface area contributed by atoms with Crippen molar-refractivity contribution in [2.75, 3.05) is 12.3 Å². The van der Waals surface area contributed by atoms with E-state index in [1.165, 1.54) is 12.1 Å². The highest BCUT2D eigenvalue weighted by Crippen LogP contribution is 2.17. The van der Waals surface area contributed by atoms with Crippen LogP contribution in [0.25, 0.3) is 0 Å². The number of hydrogen-bond donors (Lipinski definition) is 1. The van der Waals surface area contributed by atoms with Gasteiger partial charge in [0, 0.05) is 23.2 Å². The number of thioether (sulfide) groups is 1. The van der Waals surface area contributed by atoms with Gasteiger partial charge in [0.25, 0.3) is 0 Å². The van der Waals surface area contributed by atoms with Gasteiger partial charge in [0.2, 0.25) is 0 Å². The Kier molecular flexibility index (Phi) is 5.85. The molecule has 3 heteroatoms. The second kappa shape index (κ2) is 6.92. The lowest BCUT2D eigenvalue weighted by molar-refractivity contribution is 0.438. The lowest BCUT2D eigenvalue weighted by atomic mass is 10.1. The molecule has 1 unspecified atom stereocenters. The summed E-state index contributed by atoms with van der Waals surface area (Å²) in [7, 11) is 0. The van der Waals surface area contributed by atoms with Crippen LogP contribution < -0.4 is 5.32 Å². The van der Waals surface area contributed by atoms with Gasteiger partial charge in [-0.15, -0.1) is 11.8 Å². The summed E-state index contributed by atoms with van der Waals surface area (Å²) in [5.41, 5.74) is 0. The third kappa shape index (κ3) is 4.99. The maximum atomic E-state index is 12.6. The van der Waals surface area contributed by atoms with Gasteiger partial charge < -0.3 is 5.32 Å². The summed E-state index contributed by atoms with van der Waals surface area (Å²) < 4.78 is 12.6. The molecule has 90 valence electrons. The molecule has 1 nitrogen and oxygen atoms in total. The van der Waals surface area contributed by atoms with E-state index in [-0.39, 0.29) is 5.82 Å². The second-order valence-electron chi connectivity index (χ2n) is 4.29. The molecule has 0 aromatic heterocycles. The molecular formula is C13H20FNS. The number of halogens is 1. The summed E-state index contributed by atoms with van der Waals surface area (Å²) in [6, 6.07) is 7.21. The van der Waals surface area contributed by atoms with Crippen LogP contribution >= 0.6 is 11.8 Å². The fraction of sp³-hybridized carbons (Fsp3) is 0.538. The van der Waals surface area contributed by atoms with E-state index in [0.29, 0.717) is 12.0 Å². The SMILES string of the molecule is CC(C)C(C)NCCSc1ccc(F)cc1. The van der Waals surface area contributed by atoms with Crippen molar-refractivity contribution in [3.63, 3.8) is 0 Å². The van der Waals surface area contributed by atoms with Crippen LogP contribution in [-0.4, -0.2) is 18.3 Å². The summed E-state index contributed by atoms with van der Waals surface area (Å²) in [6.45, 7) is 7.62. The molecule has 1 aromatic carbocycles. The van der Waals surface area contributed by atoms with Gasteiger partial charge in [-0.2, -0.15) is 0 Å². The molecule has 1 N–H and O–H groups in total. The van der Waals surface area contributed by atoms with E-state index in [0.717, 1.165) is 17.2 Å². The Labute approximate surface area is 102 Å². The van der Waals surface area contributed by atoms with Crippen molar-refractivity contribution in [1.82, 2.24) is 5.32 Å². The predicted octanol–water partition coefficient (Wildman–Crippen LogP) is 3.55. The molecule has 0 spiro atoms. The quantitative estimate of drug-likeness (QED) is 0.604. The summed E-state index contributed by atoms with van der Waals surface area (Å²) in [5, 5.41) is 3.47. The van der Waals surface area contributed by atoms with E-state index in [4.69, 9.17) is 0 Å². The Morgan fingerprint density at radius 2 is 1.81 bits per heavy atom. The molecule has 0 saturated carbocycles. The number of hydrogen-bond acceptors (Lipinski definition) is 2. The zero-order valence-corrected chi connectivity index (χ0v) is 11.0. The highest BCUT2D eigenvalue weighted by atomic mass is 32.2. The molecular weight excluding hydrogens is 221 g/mol. The van der Waals surface area contributed by atoms with Crippen LogP contribution in [0.1, 0.15) is 20.8 Å². The predicted molar refractivity (Wildman–Crippen MR) is 69.4 cm³/mol. The largest absolute Gasteiger partial charge is 0.313 e. The summed E-state index contributed by atoms with van der Waals surface area (Å²) in [5.74, 6) is 1.51. The van der Waals surface area contributed by atoms with Gasteiger partial charge >= 0.3 is 0 Å². The van der Waals surface area contributed by atoms with Crippen LogP contribution in [0.3, 0.4) is 0 Å². The van der Waals surface area contributed by atoms with Crippen molar-refractivity contribution in [1.29, 1.82) is 0 Å². The minimum Gasteiger partial charge on any atom is -0.313 e. The van der Waals surface area contributed by atoms with Gasteiger partial charge in [-0.05, 0) is 37.1 Å². The second-order valence-corrected chi connectivity index (χ2v) is 5.46. The Morgan fingerprint density at radius 1 is 1.19 bits per heavy atom. The summed E-state index contributed by atoms with van der Waals surface area (Å²) >= 11 is 1.75. The van der Waals surface area contributed by atoms with Crippen molar-refractivity contribution >= 4 is 11.8 Å². The van der Waals surface area contributed by atoms with Crippen LogP contribution in [-0.2, 0) is 0 Å². The standard InChI is InChI=1S/C13H20FNS/c1-10(2)11(3)15-8-9-16-13-6-4-12(14)5-7-13/h4-7,10-11,15H,8-9H2,1-3H3. The topological polar surface area (TPSA) is 12.0 Å². The molecule has 1 aromatic rings. The third-order valence-corrected chi connectivity index (χ3v) is 3.66. The zero-order chi connectivity index (χ0) is 12.0. The van der Waals surface area contributed by atoms with Crippen LogP contribution in [0, 0.1) is 11.7 Å². The molecule has 16 heavy (non-hydrogen) atoms. The molecule has 0 radical (unpaired) electrons. The zero-order valence-electron chi connectivity index (χ0n) is 10.2. The van der Waals surface area contributed by atoms with Crippen molar-refractivity contribution in [2.45, 2.75) is 31.7 Å². The van der Waals surface area contributed by atoms with Crippen molar-refractivity contribution in [3.8, 4) is 0 Å². The van der Waals surface area contributed by atoms with Gasteiger partial charge in [-0.1, -0.05) is 13.8 Å². The molecule has 0 heterocycles. The van der Waals surface area contributed by atoms with Crippen molar-refractivity contribution in [2.24, 2.45) is 5.92 Å². The first-order chi connectivity index (χ1) is 7.59. The molecule has 0 bridgehead atoms. The molecule has 0 fully saturated rings. The highest BCUT2D eigenvalue weighted by Gasteiger charge is 2.04. The Hall–Kier alpha value is -0.540. The van der Waals surface area contributed by atoms with Gasteiger partial charge in [-0.25, -0.2) is 4.39 Å². The van der Waals surface area contributed by atoms with Gasteiger partial charge in [0.15, 0.2) is 0 Å². The monoisotopic (exact) mass is 241 g/mol. The van der Waals surface area contributed by atoms with E-state index in [1.807, 2.05) is 12.1 Å². The van der Waals surface area contributed by atoms with Crippen LogP contribution in [0.5, 0.6) is 0 Å². The first kappa shape index (κ1) is 13.5. The van der Waals surface area contributed by atoms with Crippen LogP contribution in [0.2, 0.25) is 0 Å². The summed E-state index contributed by atoms with van der Waals surface area (Å²) in [4.78, 5) is 1.13. The van der Waals surface area contributed by atoms with E-state index >= 15 is 0 Å². The maximum Gasteiger partial charge on any atom is 0.123 e. The molecule has 0 aliphatic rings. The number of benzene rings is 1. The minimum absolute atomic E-state index is 0.170. The Bertz CT molecular complexity index is 297. The average Bonchev–Trinajstić information content (AvgIpc) is 2.26. The van der Waals surface area contributed by atoms with Gasteiger partial charge in [-0.3, -0.25) is 0 Å². The van der Waals surface area contributed by atoms with Crippen molar-refractivity contribution < 1.29 is 4.39 Å². The normalized spacial score (nSPS) is 13.1. The minimum atomic E-state index is -0.170.